The molecule has 0 bridgehead atoms. The Balaban J connectivity index is 1.10. The van der Waals surface area contributed by atoms with Gasteiger partial charge in [-0.25, -0.2) is 0 Å². The van der Waals surface area contributed by atoms with Gasteiger partial charge in [0.15, 0.2) is 0 Å². The SMILES string of the molecule is Cc1ccc(N(c2ccccc2)c2ccc3c(c2)C2(c4cc(N(c5ccc(C)cc5)c5ccc(C)cc5)ccc4-3)c3cc(N(c4ccc(C)cc4)c4ccc(C)cc4)ccc3-c3ccc(N(c4ccc(C)cc4)c4ccc(C)cc4)cc32)cc1. The van der Waals surface area contributed by atoms with Crippen LogP contribution in [-0.4, -0.2) is 0 Å². The summed E-state index contributed by atoms with van der Waals surface area (Å²) in [6, 6.07) is 103. The largest absolute Gasteiger partial charge is 0.310 e. The Morgan fingerprint density at radius 1 is 0.179 bits per heavy atom. The van der Waals surface area contributed by atoms with Crippen molar-refractivity contribution in [3.05, 3.63) is 334 Å². The normalized spacial score (nSPS) is 12.3. The summed E-state index contributed by atoms with van der Waals surface area (Å²) in [6.45, 7) is 15.1. The molecule has 0 aromatic heterocycles. The van der Waals surface area contributed by atoms with Crippen molar-refractivity contribution in [1.29, 1.82) is 0 Å². The van der Waals surface area contributed by atoms with E-state index in [9.17, 15) is 0 Å². The summed E-state index contributed by atoms with van der Waals surface area (Å²) in [5.74, 6) is 0. The molecular formula is C80H66N4. The minimum atomic E-state index is -0.840. The van der Waals surface area contributed by atoms with Crippen molar-refractivity contribution in [2.45, 2.75) is 53.9 Å². The second-order valence-electron chi connectivity index (χ2n) is 23.2. The summed E-state index contributed by atoms with van der Waals surface area (Å²) < 4.78 is 0. The predicted molar refractivity (Wildman–Crippen MR) is 355 cm³/mol. The average molecular weight is 1080 g/mol. The third kappa shape index (κ3) is 9.03. The summed E-state index contributed by atoms with van der Waals surface area (Å²) in [6.07, 6.45) is 0. The van der Waals surface area contributed by atoms with E-state index in [-0.39, 0.29) is 0 Å². The van der Waals surface area contributed by atoms with Gasteiger partial charge in [0.2, 0.25) is 0 Å². The molecule has 0 aliphatic heterocycles. The van der Waals surface area contributed by atoms with Crippen molar-refractivity contribution < 1.29 is 0 Å². The highest BCUT2D eigenvalue weighted by atomic mass is 15.2. The van der Waals surface area contributed by atoms with Gasteiger partial charge in [-0.1, -0.05) is 166 Å². The molecule has 2 aliphatic carbocycles. The summed E-state index contributed by atoms with van der Waals surface area (Å²) >= 11 is 0. The summed E-state index contributed by atoms with van der Waals surface area (Å²) in [4.78, 5) is 9.74. The van der Waals surface area contributed by atoms with Crippen LogP contribution < -0.4 is 19.6 Å². The van der Waals surface area contributed by atoms with Gasteiger partial charge in [-0.05, 0) is 239 Å². The average Bonchev–Trinajstić information content (AvgIpc) is 1.55. The molecule has 12 aromatic rings. The van der Waals surface area contributed by atoms with Crippen LogP contribution in [0.2, 0.25) is 0 Å². The number of rotatable bonds is 12. The van der Waals surface area contributed by atoms with Gasteiger partial charge in [0.25, 0.3) is 0 Å². The highest BCUT2D eigenvalue weighted by molar-refractivity contribution is 6.00. The second kappa shape index (κ2) is 21.0. The van der Waals surface area contributed by atoms with E-state index in [1.165, 1.54) is 83.5 Å². The topological polar surface area (TPSA) is 13.0 Å². The quantitative estimate of drug-likeness (QED) is 0.121. The van der Waals surface area contributed by atoms with E-state index in [0.29, 0.717) is 0 Å². The van der Waals surface area contributed by atoms with Crippen molar-refractivity contribution in [3.8, 4) is 22.3 Å². The highest BCUT2D eigenvalue weighted by Crippen LogP contribution is 2.65. The Labute approximate surface area is 495 Å². The maximum atomic E-state index is 2.53. The molecule has 2 aliphatic rings. The number of hydrogen-bond acceptors (Lipinski definition) is 4. The second-order valence-corrected chi connectivity index (χ2v) is 23.2. The molecule has 0 unspecified atom stereocenters. The van der Waals surface area contributed by atoms with Gasteiger partial charge in [-0.15, -0.1) is 0 Å². The molecular weight excluding hydrogens is 1020 g/mol. The molecule has 4 nitrogen and oxygen atoms in total. The lowest BCUT2D eigenvalue weighted by Crippen LogP contribution is -2.27. The molecule has 0 fully saturated rings. The molecule has 84 heavy (non-hydrogen) atoms. The number of nitrogens with zero attached hydrogens (tertiary/aromatic N) is 4. The van der Waals surface area contributed by atoms with Crippen LogP contribution >= 0.6 is 0 Å². The summed E-state index contributed by atoms with van der Waals surface area (Å²) in [5.41, 5.74) is 30.7. The van der Waals surface area contributed by atoms with Gasteiger partial charge in [0, 0.05) is 68.2 Å². The Hall–Kier alpha value is -10.2. The van der Waals surface area contributed by atoms with Crippen molar-refractivity contribution in [3.63, 3.8) is 0 Å². The highest BCUT2D eigenvalue weighted by Gasteiger charge is 2.53. The Morgan fingerprint density at radius 2 is 0.345 bits per heavy atom. The maximum absolute atomic E-state index is 2.53. The molecule has 0 radical (unpaired) electrons. The van der Waals surface area contributed by atoms with E-state index in [1.807, 2.05) is 0 Å². The molecule has 14 rings (SSSR count). The third-order valence-electron chi connectivity index (χ3n) is 17.3. The van der Waals surface area contributed by atoms with Crippen LogP contribution in [0, 0.1) is 48.5 Å². The Kier molecular flexibility index (Phi) is 13.0. The number of anilines is 12. The van der Waals surface area contributed by atoms with Crippen molar-refractivity contribution >= 4 is 68.2 Å². The van der Waals surface area contributed by atoms with Gasteiger partial charge in [-0.3, -0.25) is 0 Å². The van der Waals surface area contributed by atoms with Gasteiger partial charge in [0.05, 0.1) is 5.41 Å². The van der Waals surface area contributed by atoms with Crippen LogP contribution in [-0.2, 0) is 5.41 Å². The first kappa shape index (κ1) is 52.0. The van der Waals surface area contributed by atoms with Crippen molar-refractivity contribution in [1.82, 2.24) is 0 Å². The molecule has 4 heteroatoms. The van der Waals surface area contributed by atoms with Gasteiger partial charge in [0.1, 0.15) is 0 Å². The van der Waals surface area contributed by atoms with Gasteiger partial charge < -0.3 is 19.6 Å². The van der Waals surface area contributed by atoms with E-state index in [0.717, 1.165) is 68.2 Å². The molecule has 0 N–H and O–H groups in total. The van der Waals surface area contributed by atoms with E-state index >= 15 is 0 Å². The lowest BCUT2D eigenvalue weighted by Gasteiger charge is -2.35. The number of para-hydroxylation sites is 1. The Morgan fingerprint density at radius 3 is 0.536 bits per heavy atom. The number of benzene rings is 12. The molecule has 0 saturated carbocycles. The number of aryl methyl sites for hydroxylation is 7. The van der Waals surface area contributed by atoms with E-state index in [2.05, 4.69) is 341 Å². The molecule has 1 spiro atoms. The molecule has 0 atom stereocenters. The number of fused-ring (bicyclic) bond motifs is 10. The minimum absolute atomic E-state index is 0.840. The first-order valence-corrected chi connectivity index (χ1v) is 29.3. The van der Waals surface area contributed by atoms with Crippen molar-refractivity contribution in [2.75, 3.05) is 19.6 Å². The fourth-order valence-corrected chi connectivity index (χ4v) is 13.0. The smallest absolute Gasteiger partial charge is 0.0728 e. The van der Waals surface area contributed by atoms with Gasteiger partial charge >= 0.3 is 0 Å². The summed E-state index contributed by atoms with van der Waals surface area (Å²) in [7, 11) is 0. The van der Waals surface area contributed by atoms with Crippen LogP contribution in [0.4, 0.5) is 68.2 Å². The molecule has 0 heterocycles. The zero-order valence-electron chi connectivity index (χ0n) is 48.8. The van der Waals surface area contributed by atoms with Crippen LogP contribution in [0.3, 0.4) is 0 Å². The molecule has 0 saturated heterocycles. The molecule has 406 valence electrons. The fourth-order valence-electron chi connectivity index (χ4n) is 13.0. The first-order chi connectivity index (χ1) is 41.0. The monoisotopic (exact) mass is 1080 g/mol. The standard InChI is InChI=1S/C80H66N4/c1-53-13-27-61(28-14-53)81(60-11-9-8-10-12-60)68-41-45-72-73-46-42-69(82(62-29-15-54(2)16-30-62)63-31-17-55(3)18-32-63)50-77(73)80(76(72)49-68)78-51-70(83(64-33-19-56(4)20-34-64)65-35-21-57(5)22-36-65)43-47-74(78)75-48-44-71(52-79(75)80)84(66-37-23-58(6)24-38-66)67-39-25-59(7)26-40-67/h8-52H,1-7H3. The first-order valence-electron chi connectivity index (χ1n) is 29.3. The lowest BCUT2D eigenvalue weighted by molar-refractivity contribution is 0.793. The minimum Gasteiger partial charge on any atom is -0.310 e. The lowest BCUT2D eigenvalue weighted by atomic mass is 9.70. The predicted octanol–water partition coefficient (Wildman–Crippen LogP) is 22.1. The van der Waals surface area contributed by atoms with Crippen LogP contribution in [0.1, 0.15) is 61.2 Å². The van der Waals surface area contributed by atoms with Crippen LogP contribution in [0.15, 0.2) is 273 Å². The summed E-state index contributed by atoms with van der Waals surface area (Å²) in [5, 5.41) is 0. The number of hydrogen-bond donors (Lipinski definition) is 0. The van der Waals surface area contributed by atoms with Crippen molar-refractivity contribution in [2.24, 2.45) is 0 Å². The molecule has 0 amide bonds. The van der Waals surface area contributed by atoms with Crippen LogP contribution in [0.5, 0.6) is 0 Å². The zero-order chi connectivity index (χ0) is 57.2. The fraction of sp³-hybridized carbons (Fsp3) is 0.100. The van der Waals surface area contributed by atoms with Crippen LogP contribution in [0.25, 0.3) is 22.3 Å². The zero-order valence-corrected chi connectivity index (χ0v) is 48.8. The van der Waals surface area contributed by atoms with E-state index < -0.39 is 5.41 Å². The maximum Gasteiger partial charge on any atom is 0.0728 e. The molecule has 12 aromatic carbocycles. The van der Waals surface area contributed by atoms with E-state index in [4.69, 9.17) is 0 Å². The van der Waals surface area contributed by atoms with Gasteiger partial charge in [-0.2, -0.15) is 0 Å². The van der Waals surface area contributed by atoms with E-state index in [1.54, 1.807) is 0 Å². The third-order valence-corrected chi connectivity index (χ3v) is 17.3. The Bertz CT molecular complexity index is 3960.